The minimum absolute atomic E-state index is 0. The van der Waals surface area contributed by atoms with Gasteiger partial charge in [-0.15, -0.1) is 12.4 Å². The predicted molar refractivity (Wildman–Crippen MR) is 95.9 cm³/mol. The van der Waals surface area contributed by atoms with Crippen LogP contribution in [-0.4, -0.2) is 17.0 Å². The van der Waals surface area contributed by atoms with Gasteiger partial charge in [-0.25, -0.2) is 0 Å². The maximum Gasteiger partial charge on any atom is 1.00 e. The van der Waals surface area contributed by atoms with Gasteiger partial charge in [0.15, 0.2) is 0 Å². The first-order valence-electron chi connectivity index (χ1n) is 9.22. The first kappa shape index (κ1) is 20.1. The molecule has 3 saturated carbocycles. The summed E-state index contributed by atoms with van der Waals surface area (Å²) in [5, 5.41) is 0. The van der Waals surface area contributed by atoms with E-state index in [0.29, 0.717) is 7.92 Å². The average molecular weight is 353 g/mol. The molecule has 0 radical (unpaired) electrons. The highest BCUT2D eigenvalue weighted by Crippen LogP contribution is 2.61. The highest BCUT2D eigenvalue weighted by molar-refractivity contribution is 7.59. The minimum atomic E-state index is 0. The van der Waals surface area contributed by atoms with Gasteiger partial charge in [0.1, 0.15) is 0 Å². The fourth-order valence-corrected chi connectivity index (χ4v) is 9.71. The van der Waals surface area contributed by atoms with E-state index in [1.165, 1.54) is 36.2 Å². The quantitative estimate of drug-likeness (QED) is 0.673. The van der Waals surface area contributed by atoms with Gasteiger partial charge in [-0.1, -0.05) is 65.7 Å². The van der Waals surface area contributed by atoms with E-state index in [1.807, 2.05) is 0 Å². The lowest BCUT2D eigenvalue weighted by Crippen LogP contribution is -3.00. The maximum atomic E-state index is 1.61. The zero-order valence-corrected chi connectivity index (χ0v) is 16.0. The van der Waals surface area contributed by atoms with Crippen LogP contribution in [0.4, 0.5) is 0 Å². The summed E-state index contributed by atoms with van der Waals surface area (Å²) >= 11 is 0. The molecule has 3 fully saturated rings. The van der Waals surface area contributed by atoms with Crippen molar-refractivity contribution >= 4 is 20.3 Å². The van der Waals surface area contributed by atoms with E-state index in [4.69, 9.17) is 0 Å². The van der Waals surface area contributed by atoms with Crippen LogP contribution in [0.1, 0.15) is 97.7 Å². The van der Waals surface area contributed by atoms with Gasteiger partial charge in [-0.2, -0.15) is 0 Å². The first-order chi connectivity index (χ1) is 9.45. The fraction of sp³-hybridized carbons (Fsp3) is 1.00. The van der Waals surface area contributed by atoms with Crippen LogP contribution in [0.3, 0.4) is 0 Å². The van der Waals surface area contributed by atoms with Gasteiger partial charge in [0.25, 0.3) is 0 Å². The molecule has 0 heterocycles. The number of hydrogen-bond acceptors (Lipinski definition) is 0. The Morgan fingerprint density at radius 2 is 0.714 bits per heavy atom. The van der Waals surface area contributed by atoms with Crippen LogP contribution in [0.5, 0.6) is 0 Å². The van der Waals surface area contributed by atoms with E-state index >= 15 is 0 Å². The second kappa shape index (κ2) is 10.7. The molecule has 0 aliphatic heterocycles. The van der Waals surface area contributed by atoms with Gasteiger partial charge in [0.2, 0.25) is 0 Å². The molecule has 0 aromatic heterocycles. The van der Waals surface area contributed by atoms with Crippen molar-refractivity contribution < 1.29 is 13.8 Å². The Morgan fingerprint density at radius 1 is 0.476 bits per heavy atom. The molecule has 3 heteroatoms. The smallest absolute Gasteiger partial charge is 1.00 e. The molecule has 0 saturated heterocycles. The van der Waals surface area contributed by atoms with Gasteiger partial charge in [0.05, 0.1) is 0 Å². The Kier molecular flexibility index (Phi) is 10.2. The van der Waals surface area contributed by atoms with Crippen LogP contribution >= 0.6 is 20.3 Å². The zero-order chi connectivity index (χ0) is 12.9. The van der Waals surface area contributed by atoms with Crippen molar-refractivity contribution in [3.8, 4) is 0 Å². The SMILES string of the molecule is C1CCC(P(C2CCCCC2)C2CCCCC2)CC1.Cl.[Cl-].[H+]. The minimum Gasteiger partial charge on any atom is -1.00 e. The second-order valence-corrected chi connectivity index (χ2v) is 10.4. The lowest BCUT2D eigenvalue weighted by Gasteiger charge is -2.44. The maximum absolute atomic E-state index is 1.61. The Morgan fingerprint density at radius 3 is 0.952 bits per heavy atom. The molecule has 0 spiro atoms. The van der Waals surface area contributed by atoms with E-state index in [9.17, 15) is 0 Å². The Hall–Kier alpha value is 1.01. The van der Waals surface area contributed by atoms with E-state index in [-0.39, 0.29) is 26.2 Å². The largest absolute Gasteiger partial charge is 1.00 e. The van der Waals surface area contributed by atoms with E-state index in [1.54, 1.807) is 77.0 Å². The van der Waals surface area contributed by atoms with Crippen molar-refractivity contribution in [1.29, 1.82) is 0 Å². The zero-order valence-electron chi connectivity index (χ0n) is 14.6. The van der Waals surface area contributed by atoms with Gasteiger partial charge >= 0.3 is 1.43 Å². The van der Waals surface area contributed by atoms with Crippen LogP contribution in [0.15, 0.2) is 0 Å². The molecule has 3 aliphatic rings. The summed E-state index contributed by atoms with van der Waals surface area (Å²) in [5.74, 6) is 0. The van der Waals surface area contributed by atoms with Crippen LogP contribution in [0, 0.1) is 0 Å². The predicted octanol–water partition coefficient (Wildman–Crippen LogP) is 4.00. The lowest BCUT2D eigenvalue weighted by molar-refractivity contribution is -0.00000416. The summed E-state index contributed by atoms with van der Waals surface area (Å²) in [7, 11) is 0.385. The van der Waals surface area contributed by atoms with Crippen molar-refractivity contribution in [2.45, 2.75) is 113 Å². The van der Waals surface area contributed by atoms with Crippen LogP contribution in [0.25, 0.3) is 0 Å². The molecule has 3 rings (SSSR count). The highest BCUT2D eigenvalue weighted by atomic mass is 35.5. The van der Waals surface area contributed by atoms with Gasteiger partial charge in [-0.3, -0.25) is 0 Å². The summed E-state index contributed by atoms with van der Waals surface area (Å²) in [6.45, 7) is 0. The normalized spacial score (nSPS) is 26.1. The van der Waals surface area contributed by atoms with Crippen LogP contribution in [-0.2, 0) is 0 Å². The molecule has 0 aromatic rings. The van der Waals surface area contributed by atoms with Crippen molar-refractivity contribution in [3.63, 3.8) is 0 Å². The molecule has 0 nitrogen and oxygen atoms in total. The third-order valence-electron chi connectivity index (χ3n) is 5.99. The first-order valence-corrected chi connectivity index (χ1v) is 10.8. The molecule has 21 heavy (non-hydrogen) atoms. The molecule has 3 aliphatic carbocycles. The number of halogens is 2. The molecule has 0 amide bonds. The van der Waals surface area contributed by atoms with Crippen molar-refractivity contribution in [2.24, 2.45) is 0 Å². The van der Waals surface area contributed by atoms with Gasteiger partial charge in [-0.05, 0) is 55.5 Å². The third-order valence-corrected chi connectivity index (χ3v) is 10.1. The Labute approximate surface area is 147 Å². The molecule has 0 N–H and O–H groups in total. The Balaban J connectivity index is 0.00000147. The molecule has 0 bridgehead atoms. The standard InChI is InChI=1S/C18H33P.2ClH/c1-4-10-16(11-5-1)19(17-12-6-2-7-13-17)18-14-8-3-9-15-18;;/h16-18H,1-15H2;2*1H. The molecule has 0 unspecified atom stereocenters. The summed E-state index contributed by atoms with van der Waals surface area (Å²) in [5.41, 5.74) is 3.57. The fourth-order valence-electron chi connectivity index (χ4n) is 5.03. The van der Waals surface area contributed by atoms with Crippen LogP contribution in [0.2, 0.25) is 0 Å². The number of rotatable bonds is 3. The molecule has 0 aromatic carbocycles. The summed E-state index contributed by atoms with van der Waals surface area (Å²) < 4.78 is 0. The van der Waals surface area contributed by atoms with E-state index in [0.717, 1.165) is 0 Å². The van der Waals surface area contributed by atoms with E-state index < -0.39 is 0 Å². The van der Waals surface area contributed by atoms with E-state index in [2.05, 4.69) is 0 Å². The third kappa shape index (κ3) is 5.54. The van der Waals surface area contributed by atoms with Crippen molar-refractivity contribution in [2.75, 3.05) is 0 Å². The van der Waals surface area contributed by atoms with Crippen molar-refractivity contribution in [3.05, 3.63) is 0 Å². The summed E-state index contributed by atoms with van der Waals surface area (Å²) in [6, 6.07) is 0. The summed E-state index contributed by atoms with van der Waals surface area (Å²) in [4.78, 5) is 0. The monoisotopic (exact) mass is 352 g/mol. The van der Waals surface area contributed by atoms with Gasteiger partial charge in [0, 0.05) is 0 Å². The highest BCUT2D eigenvalue weighted by Gasteiger charge is 2.36. The second-order valence-electron chi connectivity index (χ2n) is 7.32. The Bertz CT molecular complexity index is 217. The molecular weight excluding hydrogens is 318 g/mol. The molecular formula is C18H35Cl2P. The van der Waals surface area contributed by atoms with Gasteiger partial charge < -0.3 is 12.4 Å². The lowest BCUT2D eigenvalue weighted by atomic mass is 9.99. The average Bonchev–Trinajstić information content (AvgIpc) is 2.51. The number of hydrogen-bond donors (Lipinski definition) is 0. The van der Waals surface area contributed by atoms with Crippen LogP contribution < -0.4 is 12.4 Å². The topological polar surface area (TPSA) is 0 Å². The molecule has 126 valence electrons. The summed E-state index contributed by atoms with van der Waals surface area (Å²) in [6.07, 6.45) is 23.6. The van der Waals surface area contributed by atoms with Crippen molar-refractivity contribution in [1.82, 2.24) is 0 Å². The molecule has 0 atom stereocenters.